The molecular weight excluding hydrogens is 232 g/mol. The van der Waals surface area contributed by atoms with E-state index < -0.39 is 0 Å². The van der Waals surface area contributed by atoms with Crippen LogP contribution in [0.1, 0.15) is 26.7 Å². The summed E-state index contributed by atoms with van der Waals surface area (Å²) >= 11 is 0. The van der Waals surface area contributed by atoms with Gasteiger partial charge in [-0.1, -0.05) is 13.8 Å². The summed E-state index contributed by atoms with van der Waals surface area (Å²) in [6.45, 7) is 3.85. The number of nitrogens with zero attached hydrogens (tertiary/aromatic N) is 2. The predicted octanol–water partition coefficient (Wildman–Crippen LogP) is 1.77. The standard InChI is InChI=1S/C13H16N2O3/c1-13(2)6-11(16)15(12(17)7-13)9-4-5-10(18-3)14-8-9/h4-5,8H,6-7H2,1-3H3. The Bertz CT molecular complexity index is 460. The molecule has 1 aliphatic rings. The fraction of sp³-hybridized carbons (Fsp3) is 0.462. The number of hydrogen-bond donors (Lipinski definition) is 0. The van der Waals surface area contributed by atoms with Crippen LogP contribution < -0.4 is 9.64 Å². The van der Waals surface area contributed by atoms with Crippen LogP contribution in [-0.4, -0.2) is 23.9 Å². The van der Waals surface area contributed by atoms with Gasteiger partial charge in [-0.3, -0.25) is 9.59 Å². The van der Waals surface area contributed by atoms with Crippen molar-refractivity contribution in [2.24, 2.45) is 5.41 Å². The molecule has 5 nitrogen and oxygen atoms in total. The average Bonchev–Trinajstić information content (AvgIpc) is 2.27. The number of piperidine rings is 1. The third-order valence-electron chi connectivity index (χ3n) is 2.95. The van der Waals surface area contributed by atoms with Crippen molar-refractivity contribution in [1.82, 2.24) is 4.98 Å². The number of aromatic nitrogens is 1. The molecule has 96 valence electrons. The van der Waals surface area contributed by atoms with Gasteiger partial charge in [-0.15, -0.1) is 0 Å². The van der Waals surface area contributed by atoms with E-state index in [1.807, 2.05) is 13.8 Å². The van der Waals surface area contributed by atoms with Gasteiger partial charge in [0.15, 0.2) is 0 Å². The topological polar surface area (TPSA) is 59.5 Å². The molecule has 18 heavy (non-hydrogen) atoms. The molecule has 0 N–H and O–H groups in total. The van der Waals surface area contributed by atoms with Crippen molar-refractivity contribution >= 4 is 17.5 Å². The van der Waals surface area contributed by atoms with Gasteiger partial charge in [0, 0.05) is 18.9 Å². The summed E-state index contributed by atoms with van der Waals surface area (Å²) in [7, 11) is 1.52. The van der Waals surface area contributed by atoms with Crippen molar-refractivity contribution in [2.75, 3.05) is 12.0 Å². The van der Waals surface area contributed by atoms with Crippen LogP contribution in [-0.2, 0) is 9.59 Å². The zero-order chi connectivity index (χ0) is 13.3. The normalized spacial score (nSPS) is 18.9. The van der Waals surface area contributed by atoms with E-state index >= 15 is 0 Å². The number of ether oxygens (including phenoxy) is 1. The van der Waals surface area contributed by atoms with E-state index in [9.17, 15) is 9.59 Å². The Kier molecular flexibility index (Phi) is 3.07. The largest absolute Gasteiger partial charge is 0.481 e. The van der Waals surface area contributed by atoms with E-state index in [1.165, 1.54) is 18.2 Å². The van der Waals surface area contributed by atoms with Crippen molar-refractivity contribution in [1.29, 1.82) is 0 Å². The van der Waals surface area contributed by atoms with E-state index in [1.54, 1.807) is 12.1 Å². The molecule has 2 rings (SSSR count). The van der Waals surface area contributed by atoms with Crippen molar-refractivity contribution < 1.29 is 14.3 Å². The summed E-state index contributed by atoms with van der Waals surface area (Å²) in [4.78, 5) is 29.3. The highest BCUT2D eigenvalue weighted by Gasteiger charge is 2.38. The van der Waals surface area contributed by atoms with E-state index in [4.69, 9.17) is 4.74 Å². The smallest absolute Gasteiger partial charge is 0.234 e. The third-order valence-corrected chi connectivity index (χ3v) is 2.95. The fourth-order valence-electron chi connectivity index (χ4n) is 2.09. The molecule has 2 amide bonds. The van der Waals surface area contributed by atoms with E-state index in [-0.39, 0.29) is 17.2 Å². The number of amides is 2. The maximum atomic E-state index is 12.0. The number of pyridine rings is 1. The maximum Gasteiger partial charge on any atom is 0.234 e. The van der Waals surface area contributed by atoms with Crippen molar-refractivity contribution in [2.45, 2.75) is 26.7 Å². The third kappa shape index (κ3) is 2.34. The van der Waals surface area contributed by atoms with Crippen LogP contribution in [0, 0.1) is 5.41 Å². The van der Waals surface area contributed by atoms with Crippen LogP contribution in [0.15, 0.2) is 18.3 Å². The Hall–Kier alpha value is -1.91. The van der Waals surface area contributed by atoms with Gasteiger partial charge in [-0.25, -0.2) is 9.88 Å². The Morgan fingerprint density at radius 3 is 2.28 bits per heavy atom. The summed E-state index contributed by atoms with van der Waals surface area (Å²) in [5.41, 5.74) is 0.242. The second-order valence-corrected chi connectivity index (χ2v) is 5.20. The highest BCUT2D eigenvalue weighted by molar-refractivity contribution is 6.16. The van der Waals surface area contributed by atoms with Crippen molar-refractivity contribution in [3.05, 3.63) is 18.3 Å². The maximum absolute atomic E-state index is 12.0. The summed E-state index contributed by atoms with van der Waals surface area (Å²) < 4.78 is 4.94. The SMILES string of the molecule is COc1ccc(N2C(=O)CC(C)(C)CC2=O)cn1. The van der Waals surface area contributed by atoms with Crippen LogP contribution in [0.4, 0.5) is 5.69 Å². The molecule has 1 aromatic rings. The fourth-order valence-corrected chi connectivity index (χ4v) is 2.09. The number of anilines is 1. The minimum Gasteiger partial charge on any atom is -0.481 e. The first-order valence-corrected chi connectivity index (χ1v) is 5.79. The summed E-state index contributed by atoms with van der Waals surface area (Å²) in [6, 6.07) is 3.30. The van der Waals surface area contributed by atoms with Crippen LogP contribution >= 0.6 is 0 Å². The monoisotopic (exact) mass is 248 g/mol. The molecular formula is C13H16N2O3. The molecule has 0 radical (unpaired) electrons. The Morgan fingerprint density at radius 1 is 1.22 bits per heavy atom. The Balaban J connectivity index is 2.27. The number of imide groups is 1. The summed E-state index contributed by atoms with van der Waals surface area (Å²) in [6.07, 6.45) is 2.21. The lowest BCUT2D eigenvalue weighted by Gasteiger charge is -2.34. The lowest BCUT2D eigenvalue weighted by Crippen LogP contribution is -2.46. The Morgan fingerprint density at radius 2 is 1.83 bits per heavy atom. The minimum atomic E-state index is -0.259. The van der Waals surface area contributed by atoms with E-state index in [0.717, 1.165) is 0 Å². The summed E-state index contributed by atoms with van der Waals surface area (Å²) in [5.74, 6) is 0.0995. The molecule has 1 aliphatic heterocycles. The molecule has 0 atom stereocenters. The molecule has 0 aromatic carbocycles. The second kappa shape index (κ2) is 4.40. The van der Waals surface area contributed by atoms with E-state index in [0.29, 0.717) is 24.4 Å². The van der Waals surface area contributed by atoms with Crippen LogP contribution in [0.25, 0.3) is 0 Å². The zero-order valence-corrected chi connectivity index (χ0v) is 10.8. The second-order valence-electron chi connectivity index (χ2n) is 5.20. The van der Waals surface area contributed by atoms with Gasteiger partial charge >= 0.3 is 0 Å². The molecule has 2 heterocycles. The first-order valence-electron chi connectivity index (χ1n) is 5.79. The molecule has 0 aliphatic carbocycles. The molecule has 5 heteroatoms. The van der Waals surface area contributed by atoms with Crippen LogP contribution in [0.5, 0.6) is 5.88 Å². The van der Waals surface area contributed by atoms with Gasteiger partial charge in [0.25, 0.3) is 0 Å². The van der Waals surface area contributed by atoms with Crippen molar-refractivity contribution in [3.8, 4) is 5.88 Å². The Labute approximate surface area is 106 Å². The quantitative estimate of drug-likeness (QED) is 0.748. The first kappa shape index (κ1) is 12.5. The van der Waals surface area contributed by atoms with Crippen LogP contribution in [0.3, 0.4) is 0 Å². The number of methoxy groups -OCH3 is 1. The minimum absolute atomic E-state index is 0.178. The van der Waals surface area contributed by atoms with E-state index in [2.05, 4.69) is 4.98 Å². The van der Waals surface area contributed by atoms with Gasteiger partial charge in [-0.2, -0.15) is 0 Å². The van der Waals surface area contributed by atoms with Crippen molar-refractivity contribution in [3.63, 3.8) is 0 Å². The molecule has 1 saturated heterocycles. The number of rotatable bonds is 2. The summed E-state index contributed by atoms with van der Waals surface area (Å²) in [5, 5.41) is 0. The molecule has 1 fully saturated rings. The molecule has 0 saturated carbocycles. The highest BCUT2D eigenvalue weighted by Crippen LogP contribution is 2.33. The first-order chi connectivity index (χ1) is 8.43. The average molecular weight is 248 g/mol. The van der Waals surface area contributed by atoms with Gasteiger partial charge in [0.1, 0.15) is 0 Å². The zero-order valence-electron chi connectivity index (χ0n) is 10.8. The van der Waals surface area contributed by atoms with Crippen LogP contribution in [0.2, 0.25) is 0 Å². The lowest BCUT2D eigenvalue weighted by molar-refractivity contribution is -0.132. The number of hydrogen-bond acceptors (Lipinski definition) is 4. The molecule has 0 spiro atoms. The van der Waals surface area contributed by atoms with Gasteiger partial charge in [0.05, 0.1) is 19.0 Å². The predicted molar refractivity (Wildman–Crippen MR) is 66.3 cm³/mol. The number of carbonyl (C=O) groups is 2. The molecule has 1 aromatic heterocycles. The molecule has 0 unspecified atom stereocenters. The highest BCUT2D eigenvalue weighted by atomic mass is 16.5. The van der Waals surface area contributed by atoms with Gasteiger partial charge in [-0.05, 0) is 11.5 Å². The van der Waals surface area contributed by atoms with Gasteiger partial charge in [0.2, 0.25) is 17.7 Å². The number of carbonyl (C=O) groups excluding carboxylic acids is 2. The lowest BCUT2D eigenvalue weighted by atomic mass is 9.81. The molecule has 0 bridgehead atoms. The van der Waals surface area contributed by atoms with Gasteiger partial charge < -0.3 is 4.74 Å².